The van der Waals surface area contributed by atoms with Gasteiger partial charge in [0.05, 0.1) is 12.9 Å². The van der Waals surface area contributed by atoms with Gasteiger partial charge in [-0.1, -0.05) is 20.3 Å². The van der Waals surface area contributed by atoms with Gasteiger partial charge in [-0.2, -0.15) is 0 Å². The molecule has 1 fully saturated rings. The Kier molecular flexibility index (Phi) is 2.38. The molecule has 1 aliphatic heterocycles. The van der Waals surface area contributed by atoms with Crippen molar-refractivity contribution in [3.8, 4) is 0 Å². The first-order valence-electron chi connectivity index (χ1n) is 5.48. The van der Waals surface area contributed by atoms with E-state index in [1.165, 1.54) is 19.3 Å². The largest absolute Gasteiger partial charge is 0.500 e. The maximum absolute atomic E-state index is 12.2. The van der Waals surface area contributed by atoms with Crippen molar-refractivity contribution in [3.05, 3.63) is 11.8 Å². The minimum atomic E-state index is -0.169. The van der Waals surface area contributed by atoms with E-state index in [0.29, 0.717) is 18.3 Å². The molecule has 0 N–H and O–H groups in total. The summed E-state index contributed by atoms with van der Waals surface area (Å²) in [4.78, 5) is 12.2. The van der Waals surface area contributed by atoms with Gasteiger partial charge in [0.2, 0.25) is 0 Å². The summed E-state index contributed by atoms with van der Waals surface area (Å²) in [5.74, 6) is 0.899. The van der Waals surface area contributed by atoms with Crippen LogP contribution in [0, 0.1) is 11.3 Å². The zero-order valence-electron chi connectivity index (χ0n) is 9.01. The summed E-state index contributed by atoms with van der Waals surface area (Å²) in [5, 5.41) is 0. The van der Waals surface area contributed by atoms with Crippen LogP contribution in [0.15, 0.2) is 11.8 Å². The van der Waals surface area contributed by atoms with Gasteiger partial charge in [-0.05, 0) is 18.8 Å². The van der Waals surface area contributed by atoms with Crippen molar-refractivity contribution in [2.75, 3.05) is 6.61 Å². The fourth-order valence-electron chi connectivity index (χ4n) is 2.28. The lowest BCUT2D eigenvalue weighted by atomic mass is 9.64. The van der Waals surface area contributed by atoms with Crippen LogP contribution in [-0.2, 0) is 9.53 Å². The Morgan fingerprint density at radius 2 is 2.21 bits per heavy atom. The Balaban J connectivity index is 2.08. The second kappa shape index (κ2) is 3.41. The number of hydrogen-bond donors (Lipinski definition) is 0. The summed E-state index contributed by atoms with van der Waals surface area (Å²) in [6.45, 7) is 4.85. The highest BCUT2D eigenvalue weighted by molar-refractivity contribution is 5.99. The van der Waals surface area contributed by atoms with E-state index in [1.807, 2.05) is 0 Å². The van der Waals surface area contributed by atoms with Gasteiger partial charge < -0.3 is 4.74 Å². The van der Waals surface area contributed by atoms with Gasteiger partial charge in [-0.15, -0.1) is 0 Å². The van der Waals surface area contributed by atoms with E-state index < -0.39 is 0 Å². The van der Waals surface area contributed by atoms with Crippen LogP contribution in [0.5, 0.6) is 0 Å². The Bertz CT molecular complexity index is 272. The average Bonchev–Trinajstić information content (AvgIpc) is 2.49. The third-order valence-corrected chi connectivity index (χ3v) is 3.72. The van der Waals surface area contributed by atoms with Gasteiger partial charge in [0.15, 0.2) is 5.78 Å². The summed E-state index contributed by atoms with van der Waals surface area (Å²) in [5.41, 5.74) is 0.722. The van der Waals surface area contributed by atoms with Gasteiger partial charge in [-0.25, -0.2) is 0 Å². The van der Waals surface area contributed by atoms with Gasteiger partial charge in [-0.3, -0.25) is 4.79 Å². The summed E-state index contributed by atoms with van der Waals surface area (Å²) in [6.07, 6.45) is 6.18. The summed E-state index contributed by atoms with van der Waals surface area (Å²) in [7, 11) is 0. The van der Waals surface area contributed by atoms with Crippen LogP contribution < -0.4 is 0 Å². The molecule has 1 heterocycles. The molecule has 0 amide bonds. The van der Waals surface area contributed by atoms with Crippen LogP contribution in [0.2, 0.25) is 0 Å². The predicted octanol–water partition coefficient (Wildman–Crippen LogP) is 2.69. The van der Waals surface area contributed by atoms with Crippen molar-refractivity contribution in [2.24, 2.45) is 11.3 Å². The van der Waals surface area contributed by atoms with Gasteiger partial charge in [0, 0.05) is 17.4 Å². The number of rotatable bonds is 3. The molecule has 2 heteroatoms. The molecule has 1 saturated carbocycles. The molecular weight excluding hydrogens is 176 g/mol. The van der Waals surface area contributed by atoms with Crippen molar-refractivity contribution in [3.63, 3.8) is 0 Å². The number of ketones is 1. The van der Waals surface area contributed by atoms with Crippen LogP contribution in [-0.4, -0.2) is 12.4 Å². The molecule has 14 heavy (non-hydrogen) atoms. The van der Waals surface area contributed by atoms with E-state index in [2.05, 4.69) is 13.8 Å². The van der Waals surface area contributed by atoms with E-state index in [1.54, 1.807) is 6.26 Å². The zero-order valence-corrected chi connectivity index (χ0v) is 9.01. The highest BCUT2D eigenvalue weighted by Gasteiger charge is 2.41. The Labute approximate surface area is 85.3 Å². The summed E-state index contributed by atoms with van der Waals surface area (Å²) in [6, 6.07) is 0. The molecule has 0 saturated heterocycles. The van der Waals surface area contributed by atoms with Gasteiger partial charge in [0.1, 0.15) is 0 Å². The quantitative estimate of drug-likeness (QED) is 0.690. The Hall–Kier alpha value is -0.790. The van der Waals surface area contributed by atoms with Crippen molar-refractivity contribution in [1.29, 1.82) is 0 Å². The third-order valence-electron chi connectivity index (χ3n) is 3.72. The normalized spacial score (nSPS) is 22.6. The number of Topliss-reactive ketones (excluding diaryl/α,β-unsaturated/α-hetero) is 1. The molecule has 1 aliphatic carbocycles. The van der Waals surface area contributed by atoms with E-state index in [9.17, 15) is 4.79 Å². The summed E-state index contributed by atoms with van der Waals surface area (Å²) < 4.78 is 5.12. The monoisotopic (exact) mass is 194 g/mol. The second-order valence-corrected chi connectivity index (χ2v) is 4.94. The average molecular weight is 194 g/mol. The Morgan fingerprint density at radius 3 is 2.64 bits per heavy atom. The first-order chi connectivity index (χ1) is 6.62. The van der Waals surface area contributed by atoms with E-state index in [4.69, 9.17) is 4.74 Å². The van der Waals surface area contributed by atoms with Crippen LogP contribution >= 0.6 is 0 Å². The van der Waals surface area contributed by atoms with E-state index in [0.717, 1.165) is 12.0 Å². The van der Waals surface area contributed by atoms with Crippen LogP contribution in [0.4, 0.5) is 0 Å². The lowest BCUT2D eigenvalue weighted by molar-refractivity contribution is -0.127. The highest BCUT2D eigenvalue weighted by atomic mass is 16.5. The van der Waals surface area contributed by atoms with Crippen LogP contribution in [0.25, 0.3) is 0 Å². The number of hydrogen-bond acceptors (Lipinski definition) is 2. The predicted molar refractivity (Wildman–Crippen MR) is 54.8 cm³/mol. The minimum Gasteiger partial charge on any atom is -0.500 e. The molecular formula is C12H18O2. The molecule has 2 rings (SSSR count). The topological polar surface area (TPSA) is 26.3 Å². The number of ether oxygens (including phenoxy) is 1. The third kappa shape index (κ3) is 1.47. The standard InChI is InChI=1S/C12H18O2/c1-12(2,10-4-3-5-10)11(13)9-6-7-14-8-9/h8,10H,3-7H2,1-2H3. The lowest BCUT2D eigenvalue weighted by Gasteiger charge is -2.39. The second-order valence-electron chi connectivity index (χ2n) is 4.94. The van der Waals surface area contributed by atoms with E-state index in [-0.39, 0.29) is 5.41 Å². The molecule has 2 nitrogen and oxygen atoms in total. The molecule has 0 radical (unpaired) electrons. The molecule has 2 aliphatic rings. The van der Waals surface area contributed by atoms with Crippen LogP contribution in [0.3, 0.4) is 0 Å². The molecule has 78 valence electrons. The maximum atomic E-state index is 12.2. The van der Waals surface area contributed by atoms with Crippen molar-refractivity contribution >= 4 is 5.78 Å². The summed E-state index contributed by atoms with van der Waals surface area (Å²) >= 11 is 0. The number of carbonyl (C=O) groups is 1. The molecule has 0 aromatic rings. The SMILES string of the molecule is CC(C)(C(=O)C1=COCC1)C1CCC1. The maximum Gasteiger partial charge on any atom is 0.167 e. The van der Waals surface area contributed by atoms with Gasteiger partial charge in [0.25, 0.3) is 0 Å². The smallest absolute Gasteiger partial charge is 0.167 e. The molecule has 0 aromatic carbocycles. The van der Waals surface area contributed by atoms with E-state index >= 15 is 0 Å². The molecule has 0 unspecified atom stereocenters. The Morgan fingerprint density at radius 1 is 1.50 bits per heavy atom. The molecule has 0 atom stereocenters. The molecule has 0 spiro atoms. The van der Waals surface area contributed by atoms with Crippen molar-refractivity contribution in [2.45, 2.75) is 39.5 Å². The first kappa shape index (κ1) is 9.75. The first-order valence-corrected chi connectivity index (χ1v) is 5.48. The van der Waals surface area contributed by atoms with Crippen molar-refractivity contribution in [1.82, 2.24) is 0 Å². The molecule has 0 bridgehead atoms. The number of carbonyl (C=O) groups excluding carboxylic acids is 1. The highest BCUT2D eigenvalue weighted by Crippen LogP contribution is 2.44. The van der Waals surface area contributed by atoms with Crippen molar-refractivity contribution < 1.29 is 9.53 Å². The van der Waals surface area contributed by atoms with Crippen LogP contribution in [0.1, 0.15) is 39.5 Å². The fourth-order valence-corrected chi connectivity index (χ4v) is 2.28. The zero-order chi connectivity index (χ0) is 10.2. The lowest BCUT2D eigenvalue weighted by Crippen LogP contribution is -2.37. The minimum absolute atomic E-state index is 0.169. The van der Waals surface area contributed by atoms with Gasteiger partial charge >= 0.3 is 0 Å². The fraction of sp³-hybridized carbons (Fsp3) is 0.750. The molecule has 0 aromatic heterocycles.